The molecule has 2 aromatic rings. The number of methoxy groups -OCH3 is 1. The van der Waals surface area contributed by atoms with Crippen molar-refractivity contribution in [2.45, 2.75) is 6.92 Å². The Kier molecular flexibility index (Phi) is 4.31. The minimum Gasteiger partial charge on any atom is -0.494 e. The first-order chi connectivity index (χ1) is 9.60. The minimum atomic E-state index is -0.244. The van der Waals surface area contributed by atoms with Gasteiger partial charge in [-0.3, -0.25) is 9.79 Å². The van der Waals surface area contributed by atoms with Crippen molar-refractivity contribution < 1.29 is 14.6 Å². The van der Waals surface area contributed by atoms with Gasteiger partial charge in [0.05, 0.1) is 13.3 Å². The van der Waals surface area contributed by atoms with Crippen LogP contribution in [0.1, 0.15) is 11.8 Å². The third-order valence-electron chi connectivity index (χ3n) is 2.32. The molecule has 1 heterocycles. The lowest BCUT2D eigenvalue weighted by molar-refractivity contribution is -0.114. The van der Waals surface area contributed by atoms with E-state index in [0.29, 0.717) is 21.4 Å². The number of benzene rings is 1. The molecule has 6 nitrogen and oxygen atoms in total. The first kappa shape index (κ1) is 14.0. The third-order valence-corrected chi connectivity index (χ3v) is 3.22. The number of aliphatic imine (C=N–C) groups is 1. The fourth-order valence-corrected chi connectivity index (χ4v) is 2.25. The van der Waals surface area contributed by atoms with Gasteiger partial charge in [0, 0.05) is 6.92 Å². The van der Waals surface area contributed by atoms with Crippen molar-refractivity contribution in [3.05, 3.63) is 29.1 Å². The lowest BCUT2D eigenvalue weighted by atomic mass is 10.3. The highest BCUT2D eigenvalue weighted by molar-refractivity contribution is 7.17. The Hall–Kier alpha value is -2.41. The van der Waals surface area contributed by atoms with Crippen LogP contribution >= 0.6 is 11.3 Å². The Morgan fingerprint density at radius 2 is 2.25 bits per heavy atom. The summed E-state index contributed by atoms with van der Waals surface area (Å²) in [6.07, 6.45) is 1.48. The summed E-state index contributed by atoms with van der Waals surface area (Å²) in [6.45, 7) is 1.38. The van der Waals surface area contributed by atoms with Crippen LogP contribution < -0.4 is 10.1 Å². The summed E-state index contributed by atoms with van der Waals surface area (Å²) >= 11 is 1.14. The Morgan fingerprint density at radius 1 is 1.50 bits per heavy atom. The highest BCUT2D eigenvalue weighted by Gasteiger charge is 2.09. The van der Waals surface area contributed by atoms with Gasteiger partial charge in [-0.1, -0.05) is 23.5 Å². The van der Waals surface area contributed by atoms with Crippen molar-refractivity contribution in [1.29, 1.82) is 0 Å². The van der Waals surface area contributed by atoms with E-state index in [0.717, 1.165) is 11.3 Å². The number of rotatable bonds is 4. The number of aromatic hydroxyl groups is 1. The fourth-order valence-electron chi connectivity index (χ4n) is 1.48. The predicted octanol–water partition coefficient (Wildman–Crippen LogP) is 2.57. The van der Waals surface area contributed by atoms with Gasteiger partial charge in [-0.05, 0) is 12.1 Å². The molecule has 20 heavy (non-hydrogen) atoms. The molecule has 1 aromatic heterocycles. The number of amides is 1. The van der Waals surface area contributed by atoms with Gasteiger partial charge in [0.25, 0.3) is 0 Å². The van der Waals surface area contributed by atoms with Gasteiger partial charge in [0.1, 0.15) is 16.3 Å². The average molecular weight is 291 g/mol. The van der Waals surface area contributed by atoms with E-state index in [9.17, 15) is 9.90 Å². The maximum Gasteiger partial charge on any atom is 0.233 e. The zero-order chi connectivity index (χ0) is 14.5. The minimum absolute atomic E-state index is 0.169. The third kappa shape index (κ3) is 3.33. The van der Waals surface area contributed by atoms with Crippen LogP contribution in [-0.2, 0) is 4.79 Å². The SMILES string of the molecule is COc1ccccc1N=Cc1sc(NC(C)=O)nc1O. The second-order valence-corrected chi connectivity index (χ2v) is 4.85. The molecule has 0 saturated heterocycles. The summed E-state index contributed by atoms with van der Waals surface area (Å²) in [5.41, 5.74) is 0.642. The molecular formula is C13H13N3O3S. The van der Waals surface area contributed by atoms with Crippen LogP contribution in [-0.4, -0.2) is 29.3 Å². The van der Waals surface area contributed by atoms with Crippen molar-refractivity contribution in [2.75, 3.05) is 12.4 Å². The standard InChI is InChI=1S/C13H13N3O3S/c1-8(17)15-13-16-12(18)11(20-13)7-14-9-5-3-4-6-10(9)19-2/h3-7,18H,1-2H3,(H,15,16,17). The number of carbonyl (C=O) groups excluding carboxylic acids is 1. The van der Waals surface area contributed by atoms with Crippen molar-refractivity contribution in [2.24, 2.45) is 4.99 Å². The predicted molar refractivity (Wildman–Crippen MR) is 78.3 cm³/mol. The van der Waals surface area contributed by atoms with Crippen LogP contribution in [0, 0.1) is 0 Å². The molecule has 1 aromatic carbocycles. The van der Waals surface area contributed by atoms with Gasteiger partial charge >= 0.3 is 0 Å². The van der Waals surface area contributed by atoms with Gasteiger partial charge in [0.2, 0.25) is 11.8 Å². The molecule has 0 spiro atoms. The van der Waals surface area contributed by atoms with Gasteiger partial charge < -0.3 is 15.2 Å². The number of para-hydroxylation sites is 2. The first-order valence-corrected chi connectivity index (χ1v) is 6.56. The molecule has 0 atom stereocenters. The van der Waals surface area contributed by atoms with E-state index in [1.54, 1.807) is 19.2 Å². The first-order valence-electron chi connectivity index (χ1n) is 5.74. The molecule has 1 amide bonds. The highest BCUT2D eigenvalue weighted by atomic mass is 32.1. The maximum atomic E-state index is 10.9. The smallest absolute Gasteiger partial charge is 0.233 e. The summed E-state index contributed by atoms with van der Waals surface area (Å²) in [4.78, 5) is 19.5. The second-order valence-electron chi connectivity index (χ2n) is 3.82. The van der Waals surface area contributed by atoms with Gasteiger partial charge in [-0.25, -0.2) is 0 Å². The largest absolute Gasteiger partial charge is 0.494 e. The molecule has 0 radical (unpaired) electrons. The fraction of sp³-hybridized carbons (Fsp3) is 0.154. The Labute approximate surface area is 119 Å². The molecule has 0 fully saturated rings. The van der Waals surface area contributed by atoms with Gasteiger partial charge in [-0.2, -0.15) is 4.98 Å². The van der Waals surface area contributed by atoms with E-state index in [1.807, 2.05) is 12.1 Å². The number of nitrogens with one attached hydrogen (secondary N) is 1. The van der Waals surface area contributed by atoms with Gasteiger partial charge in [-0.15, -0.1) is 0 Å². The van der Waals surface area contributed by atoms with Crippen LogP contribution in [0.2, 0.25) is 0 Å². The van der Waals surface area contributed by atoms with E-state index < -0.39 is 0 Å². The van der Waals surface area contributed by atoms with Crippen molar-refractivity contribution in [1.82, 2.24) is 4.98 Å². The molecule has 0 saturated carbocycles. The Bertz CT molecular complexity index is 652. The van der Waals surface area contributed by atoms with E-state index >= 15 is 0 Å². The van der Waals surface area contributed by atoms with Crippen LogP contribution in [0.4, 0.5) is 10.8 Å². The monoisotopic (exact) mass is 291 g/mol. The quantitative estimate of drug-likeness (QED) is 0.848. The maximum absolute atomic E-state index is 10.9. The number of hydrogen-bond donors (Lipinski definition) is 2. The molecule has 0 aliphatic carbocycles. The lowest BCUT2D eigenvalue weighted by Gasteiger charge is -2.02. The molecule has 7 heteroatoms. The summed E-state index contributed by atoms with van der Waals surface area (Å²) < 4.78 is 5.18. The van der Waals surface area contributed by atoms with Crippen LogP contribution in [0.15, 0.2) is 29.3 Å². The zero-order valence-electron chi connectivity index (χ0n) is 11.0. The molecule has 0 unspecified atom stereocenters. The van der Waals surface area contributed by atoms with Crippen molar-refractivity contribution in [3.8, 4) is 11.6 Å². The number of ether oxygens (including phenoxy) is 1. The zero-order valence-corrected chi connectivity index (χ0v) is 11.8. The normalized spacial score (nSPS) is 10.7. The number of aromatic nitrogens is 1. The summed E-state index contributed by atoms with van der Waals surface area (Å²) in [7, 11) is 1.56. The molecular weight excluding hydrogens is 278 g/mol. The topological polar surface area (TPSA) is 83.8 Å². The van der Waals surface area contributed by atoms with Crippen LogP contribution in [0.25, 0.3) is 0 Å². The highest BCUT2D eigenvalue weighted by Crippen LogP contribution is 2.29. The van der Waals surface area contributed by atoms with Crippen LogP contribution in [0.5, 0.6) is 11.6 Å². The average Bonchev–Trinajstić information content (AvgIpc) is 2.76. The van der Waals surface area contributed by atoms with Crippen LogP contribution in [0.3, 0.4) is 0 Å². The number of carbonyl (C=O) groups is 1. The Balaban J connectivity index is 2.23. The van der Waals surface area contributed by atoms with Crippen molar-refractivity contribution >= 4 is 34.3 Å². The Morgan fingerprint density at radius 3 is 2.95 bits per heavy atom. The summed E-state index contributed by atoms with van der Waals surface area (Å²) in [5, 5.41) is 12.5. The molecule has 0 aliphatic rings. The lowest BCUT2D eigenvalue weighted by Crippen LogP contribution is -2.04. The molecule has 104 valence electrons. The number of nitrogens with zero attached hydrogens (tertiary/aromatic N) is 2. The summed E-state index contributed by atoms with van der Waals surface area (Å²) in [5.74, 6) is 0.221. The van der Waals surface area contributed by atoms with E-state index in [4.69, 9.17) is 4.74 Å². The molecule has 0 bridgehead atoms. The number of anilines is 1. The van der Waals surface area contributed by atoms with E-state index in [1.165, 1.54) is 13.1 Å². The summed E-state index contributed by atoms with van der Waals surface area (Å²) in [6, 6.07) is 7.27. The van der Waals surface area contributed by atoms with E-state index in [-0.39, 0.29) is 11.8 Å². The van der Waals surface area contributed by atoms with E-state index in [2.05, 4.69) is 15.3 Å². The molecule has 2 rings (SSSR count). The molecule has 2 N–H and O–H groups in total. The second kappa shape index (κ2) is 6.16. The number of hydrogen-bond acceptors (Lipinski definition) is 6. The van der Waals surface area contributed by atoms with Gasteiger partial charge in [0.15, 0.2) is 5.13 Å². The van der Waals surface area contributed by atoms with Crippen molar-refractivity contribution in [3.63, 3.8) is 0 Å². The number of thiazole rings is 1. The molecule has 0 aliphatic heterocycles.